The molecular weight excluding hydrogens is 639 g/mol. The predicted molar refractivity (Wildman–Crippen MR) is 187 cm³/mol. The summed E-state index contributed by atoms with van der Waals surface area (Å²) >= 11 is 0. The van der Waals surface area contributed by atoms with Gasteiger partial charge in [-0.25, -0.2) is 18.4 Å². The van der Waals surface area contributed by atoms with E-state index in [0.29, 0.717) is 17.8 Å². The number of hydrogen-bond acceptors (Lipinski definition) is 9. The number of sulfonamides is 1. The second kappa shape index (κ2) is 14.9. The summed E-state index contributed by atoms with van der Waals surface area (Å²) in [4.78, 5) is 13.7. The molecule has 252 valence electrons. The van der Waals surface area contributed by atoms with E-state index in [4.69, 9.17) is 9.47 Å². The summed E-state index contributed by atoms with van der Waals surface area (Å²) in [5.74, 6) is 0.591. The number of aliphatic hydroxyl groups excluding tert-OH is 1. The number of nitrogens with one attached hydrogen (secondary N) is 1. The highest BCUT2D eigenvalue weighted by atomic mass is 32.2. The highest BCUT2D eigenvalue weighted by Crippen LogP contribution is 2.47. The maximum Gasteiger partial charge on any atom is 0.261 e. The molecule has 3 heterocycles. The molecule has 2 aliphatic heterocycles. The Kier molecular flexibility index (Phi) is 9.97. The third kappa shape index (κ3) is 7.66. The molecule has 49 heavy (non-hydrogen) atoms. The van der Waals surface area contributed by atoms with E-state index < -0.39 is 16.3 Å². The first-order chi connectivity index (χ1) is 24.0. The van der Waals surface area contributed by atoms with Crippen molar-refractivity contribution in [1.82, 2.24) is 14.9 Å². The van der Waals surface area contributed by atoms with Crippen molar-refractivity contribution in [3.8, 4) is 0 Å². The molecule has 0 aliphatic carbocycles. The molecule has 2 fully saturated rings. The second-order valence-corrected chi connectivity index (χ2v) is 14.0. The van der Waals surface area contributed by atoms with E-state index in [0.717, 1.165) is 48.8 Å². The molecule has 1 unspecified atom stereocenters. The van der Waals surface area contributed by atoms with E-state index in [9.17, 15) is 13.5 Å². The molecule has 10 nitrogen and oxygen atoms in total. The Labute approximate surface area is 287 Å². The third-order valence-corrected chi connectivity index (χ3v) is 10.5. The Morgan fingerprint density at radius 3 is 2.10 bits per heavy atom. The minimum absolute atomic E-state index is 0.0477. The van der Waals surface area contributed by atoms with Gasteiger partial charge in [0.25, 0.3) is 10.0 Å². The van der Waals surface area contributed by atoms with E-state index in [1.165, 1.54) is 0 Å². The lowest BCUT2D eigenvalue weighted by Gasteiger charge is -2.45. The van der Waals surface area contributed by atoms with E-state index >= 15 is 0 Å². The van der Waals surface area contributed by atoms with Crippen LogP contribution in [0.5, 0.6) is 0 Å². The fraction of sp³-hybridized carbons (Fsp3) is 0.263. The number of hydrogen-bond donors (Lipinski definition) is 2. The van der Waals surface area contributed by atoms with Gasteiger partial charge in [-0.3, -0.25) is 9.62 Å². The SMILES string of the molecule is O=S(=O)(Nc1cccc(C2O[C@H](CN3CCN(c4ncccn4)CC3)[C@@H](c3ccccc3)[C@H](c3ccc(CO)cc3)O2)c1)c1ccccc1. The quantitative estimate of drug-likeness (QED) is 0.197. The number of ether oxygens (including phenoxy) is 2. The van der Waals surface area contributed by atoms with Crippen molar-refractivity contribution in [2.24, 2.45) is 0 Å². The van der Waals surface area contributed by atoms with Gasteiger partial charge in [-0.15, -0.1) is 0 Å². The molecule has 4 aromatic carbocycles. The number of aliphatic hydroxyl groups is 1. The second-order valence-electron chi connectivity index (χ2n) is 12.3. The highest BCUT2D eigenvalue weighted by molar-refractivity contribution is 7.92. The molecule has 7 rings (SSSR count). The van der Waals surface area contributed by atoms with Gasteiger partial charge in [0.05, 0.1) is 23.7 Å². The summed E-state index contributed by atoms with van der Waals surface area (Å²) < 4.78 is 42.8. The van der Waals surface area contributed by atoms with Gasteiger partial charge in [0.1, 0.15) is 0 Å². The first-order valence-electron chi connectivity index (χ1n) is 16.4. The van der Waals surface area contributed by atoms with E-state index in [1.54, 1.807) is 60.9 Å². The average Bonchev–Trinajstić information content (AvgIpc) is 3.16. The lowest BCUT2D eigenvalue weighted by atomic mass is 9.83. The van der Waals surface area contributed by atoms with Crippen molar-refractivity contribution in [2.45, 2.75) is 35.9 Å². The largest absolute Gasteiger partial charge is 0.392 e. The molecule has 0 radical (unpaired) electrons. The van der Waals surface area contributed by atoms with Crippen LogP contribution in [0.2, 0.25) is 0 Å². The Balaban J connectivity index is 1.20. The lowest BCUT2D eigenvalue weighted by Crippen LogP contribution is -2.51. The Morgan fingerprint density at radius 1 is 0.735 bits per heavy atom. The van der Waals surface area contributed by atoms with Gasteiger partial charge in [0, 0.05) is 62.3 Å². The minimum Gasteiger partial charge on any atom is -0.392 e. The minimum atomic E-state index is -3.79. The molecule has 11 heteroatoms. The van der Waals surface area contributed by atoms with Gasteiger partial charge >= 0.3 is 0 Å². The van der Waals surface area contributed by atoms with Gasteiger partial charge in [-0.05, 0) is 47.0 Å². The molecule has 1 aromatic heterocycles. The zero-order valence-corrected chi connectivity index (χ0v) is 27.8. The van der Waals surface area contributed by atoms with Crippen molar-refractivity contribution in [1.29, 1.82) is 0 Å². The highest BCUT2D eigenvalue weighted by Gasteiger charge is 2.43. The molecule has 0 amide bonds. The summed E-state index contributed by atoms with van der Waals surface area (Å²) in [6.45, 7) is 3.84. The van der Waals surface area contributed by atoms with Crippen molar-refractivity contribution in [3.63, 3.8) is 0 Å². The maximum absolute atomic E-state index is 13.2. The smallest absolute Gasteiger partial charge is 0.261 e. The van der Waals surface area contributed by atoms with Crippen LogP contribution in [-0.2, 0) is 26.1 Å². The standard InChI is InChI=1S/C38H39N5O5S/c44-27-28-15-17-30(18-16-28)36-35(29-9-3-1-4-10-29)34(26-42-21-23-43(24-22-42)38-39-19-8-20-40-38)47-37(48-36)31-11-7-12-32(25-31)41-49(45,46)33-13-5-2-6-14-33/h1-20,25,34-37,41,44H,21-24,26-27H2/t34-,35-,36+,37?/m1/s1. The van der Waals surface area contributed by atoms with Gasteiger partial charge < -0.3 is 19.5 Å². The van der Waals surface area contributed by atoms with Gasteiger partial charge in [-0.2, -0.15) is 0 Å². The van der Waals surface area contributed by atoms with Gasteiger partial charge in [0.15, 0.2) is 6.29 Å². The Bertz CT molecular complexity index is 1910. The molecule has 2 N–H and O–H groups in total. The van der Waals surface area contributed by atoms with Crippen molar-refractivity contribution in [3.05, 3.63) is 150 Å². The van der Waals surface area contributed by atoms with E-state index in [1.807, 2.05) is 54.6 Å². The summed E-state index contributed by atoms with van der Waals surface area (Å²) in [6, 6.07) is 35.5. The van der Waals surface area contributed by atoms with Crippen LogP contribution in [0.15, 0.2) is 133 Å². The number of aromatic nitrogens is 2. The molecule has 5 aromatic rings. The van der Waals surface area contributed by atoms with Crippen LogP contribution >= 0.6 is 0 Å². The van der Waals surface area contributed by atoms with Crippen LogP contribution in [0.25, 0.3) is 0 Å². The van der Waals surface area contributed by atoms with Gasteiger partial charge in [-0.1, -0.05) is 84.9 Å². The van der Waals surface area contributed by atoms with Crippen LogP contribution in [0.3, 0.4) is 0 Å². The predicted octanol–water partition coefficient (Wildman–Crippen LogP) is 5.53. The summed E-state index contributed by atoms with van der Waals surface area (Å²) in [7, 11) is -3.79. The van der Waals surface area contributed by atoms with Crippen LogP contribution in [-0.4, -0.2) is 67.2 Å². The topological polar surface area (TPSA) is 117 Å². The molecule has 4 atom stereocenters. The normalized spacial score (nSPS) is 21.7. The fourth-order valence-electron chi connectivity index (χ4n) is 6.57. The molecule has 0 bridgehead atoms. The van der Waals surface area contributed by atoms with E-state index in [2.05, 4.69) is 36.6 Å². The first-order valence-corrected chi connectivity index (χ1v) is 17.9. The number of piperazine rings is 1. The maximum atomic E-state index is 13.2. The van der Waals surface area contributed by atoms with Crippen molar-refractivity contribution in [2.75, 3.05) is 42.3 Å². The molecule has 0 saturated carbocycles. The Hall–Kier alpha value is -4.65. The molecule has 0 spiro atoms. The average molecular weight is 678 g/mol. The summed E-state index contributed by atoms with van der Waals surface area (Å²) in [5.41, 5.74) is 4.00. The molecular formula is C38H39N5O5S. The summed E-state index contributed by atoms with van der Waals surface area (Å²) in [5, 5.41) is 9.74. The zero-order chi connectivity index (χ0) is 33.6. The fourth-order valence-corrected chi connectivity index (χ4v) is 7.64. The monoisotopic (exact) mass is 677 g/mol. The lowest BCUT2D eigenvalue weighted by molar-refractivity contribution is -0.263. The van der Waals surface area contributed by atoms with Crippen LogP contribution < -0.4 is 9.62 Å². The third-order valence-electron chi connectivity index (χ3n) is 9.08. The van der Waals surface area contributed by atoms with Gasteiger partial charge in [0.2, 0.25) is 5.95 Å². The van der Waals surface area contributed by atoms with Crippen LogP contribution in [0.1, 0.15) is 40.6 Å². The number of nitrogens with zero attached hydrogens (tertiary/aromatic N) is 4. The molecule has 2 saturated heterocycles. The van der Waals surface area contributed by atoms with Crippen molar-refractivity contribution < 1.29 is 23.0 Å². The van der Waals surface area contributed by atoms with E-state index in [-0.39, 0.29) is 29.6 Å². The van der Waals surface area contributed by atoms with Crippen LogP contribution in [0.4, 0.5) is 11.6 Å². The number of benzene rings is 4. The number of rotatable bonds is 10. The summed E-state index contributed by atoms with van der Waals surface area (Å²) in [6.07, 6.45) is 2.11. The first kappa shape index (κ1) is 32.9. The number of anilines is 2. The van der Waals surface area contributed by atoms with Crippen LogP contribution in [0, 0.1) is 0 Å². The molecule has 2 aliphatic rings. The Morgan fingerprint density at radius 2 is 1.41 bits per heavy atom. The van der Waals surface area contributed by atoms with Crippen molar-refractivity contribution >= 4 is 21.7 Å². The zero-order valence-electron chi connectivity index (χ0n) is 27.0.